The minimum atomic E-state index is 0.582. The van der Waals surface area contributed by atoms with Crippen LogP contribution in [0.2, 0.25) is 0 Å². The van der Waals surface area contributed by atoms with Crippen LogP contribution >= 0.6 is 11.6 Å². The van der Waals surface area contributed by atoms with E-state index >= 15 is 0 Å². The Kier molecular flexibility index (Phi) is 3.70. The van der Waals surface area contributed by atoms with Crippen molar-refractivity contribution in [3.8, 4) is 0 Å². The summed E-state index contributed by atoms with van der Waals surface area (Å²) in [6.07, 6.45) is 4.51. The molecule has 0 spiro atoms. The second-order valence-corrected chi connectivity index (χ2v) is 5.22. The number of fused-ring (bicyclic) bond motifs is 1. The fourth-order valence-electron chi connectivity index (χ4n) is 2.43. The highest BCUT2D eigenvalue weighted by atomic mass is 35.5. The highest BCUT2D eigenvalue weighted by Gasteiger charge is 2.11. The smallest absolute Gasteiger partial charge is 0.111 e. The van der Waals surface area contributed by atoms with Crippen LogP contribution in [0.5, 0.6) is 0 Å². The number of aromatic nitrogens is 3. The van der Waals surface area contributed by atoms with Gasteiger partial charge in [0.1, 0.15) is 5.82 Å². The zero-order chi connectivity index (χ0) is 13.9. The summed E-state index contributed by atoms with van der Waals surface area (Å²) in [7, 11) is 0. The second-order valence-electron chi connectivity index (χ2n) is 4.84. The fraction of sp³-hybridized carbons (Fsp3) is 0.250. The zero-order valence-electron chi connectivity index (χ0n) is 11.4. The molecule has 3 aromatic rings. The molecule has 0 fully saturated rings. The zero-order valence-corrected chi connectivity index (χ0v) is 12.1. The lowest BCUT2D eigenvalue weighted by Gasteiger charge is -2.10. The molecule has 3 nitrogen and oxygen atoms in total. The third kappa shape index (κ3) is 2.41. The number of nitrogens with zero attached hydrogens (tertiary/aromatic N) is 3. The Balaban J connectivity index is 2.09. The van der Waals surface area contributed by atoms with Gasteiger partial charge < -0.3 is 4.57 Å². The first-order chi connectivity index (χ1) is 9.79. The van der Waals surface area contributed by atoms with E-state index in [0.717, 1.165) is 29.8 Å². The minimum absolute atomic E-state index is 0.582. The van der Waals surface area contributed by atoms with Gasteiger partial charge in [0.05, 0.1) is 11.0 Å². The van der Waals surface area contributed by atoms with Gasteiger partial charge in [-0.25, -0.2) is 4.98 Å². The predicted octanol–water partition coefficient (Wildman–Crippen LogP) is 3.57. The van der Waals surface area contributed by atoms with Crippen molar-refractivity contribution in [2.24, 2.45) is 0 Å². The van der Waals surface area contributed by atoms with Gasteiger partial charge in [-0.1, -0.05) is 12.1 Å². The maximum Gasteiger partial charge on any atom is 0.111 e. The Hall–Kier alpha value is -1.87. The Morgan fingerprint density at radius 1 is 1.20 bits per heavy atom. The molecule has 0 atom stereocenters. The van der Waals surface area contributed by atoms with Gasteiger partial charge in [-0.15, -0.1) is 11.6 Å². The van der Waals surface area contributed by atoms with Crippen LogP contribution in [0.3, 0.4) is 0 Å². The predicted molar refractivity (Wildman–Crippen MR) is 82.2 cm³/mol. The van der Waals surface area contributed by atoms with Gasteiger partial charge in [-0.3, -0.25) is 4.98 Å². The molecule has 0 unspecified atom stereocenters. The highest BCUT2D eigenvalue weighted by molar-refractivity contribution is 6.17. The molecule has 0 amide bonds. The molecule has 0 radical (unpaired) electrons. The molecule has 0 bridgehead atoms. The number of imidazole rings is 1. The number of aryl methyl sites for hydroxylation is 2. The normalized spacial score (nSPS) is 11.1. The van der Waals surface area contributed by atoms with Crippen LogP contribution in [-0.2, 0) is 13.0 Å². The van der Waals surface area contributed by atoms with E-state index in [1.807, 2.05) is 30.6 Å². The average Bonchev–Trinajstić information content (AvgIpc) is 2.80. The van der Waals surface area contributed by atoms with Gasteiger partial charge in [0.2, 0.25) is 0 Å². The lowest BCUT2D eigenvalue weighted by atomic mass is 10.1. The monoisotopic (exact) mass is 285 g/mol. The van der Waals surface area contributed by atoms with Gasteiger partial charge >= 0.3 is 0 Å². The van der Waals surface area contributed by atoms with Crippen molar-refractivity contribution >= 4 is 22.6 Å². The van der Waals surface area contributed by atoms with Crippen molar-refractivity contribution in [2.75, 3.05) is 5.88 Å². The summed E-state index contributed by atoms with van der Waals surface area (Å²) in [4.78, 5) is 8.84. The summed E-state index contributed by atoms with van der Waals surface area (Å²) in [5.41, 5.74) is 4.64. The van der Waals surface area contributed by atoms with E-state index in [2.05, 4.69) is 28.6 Å². The maximum atomic E-state index is 5.91. The SMILES string of the molecule is Cc1cnccc1Cn1c(CCCl)nc2ccccc21. The van der Waals surface area contributed by atoms with Crippen LogP contribution in [0.25, 0.3) is 11.0 Å². The number of alkyl halides is 1. The first kappa shape index (κ1) is 13.1. The molecule has 0 saturated heterocycles. The van der Waals surface area contributed by atoms with Crippen molar-refractivity contribution in [3.05, 3.63) is 59.7 Å². The molecular weight excluding hydrogens is 270 g/mol. The van der Waals surface area contributed by atoms with Crippen molar-refractivity contribution in [2.45, 2.75) is 19.9 Å². The van der Waals surface area contributed by atoms with Crippen LogP contribution in [0.4, 0.5) is 0 Å². The molecule has 0 N–H and O–H groups in total. The molecule has 20 heavy (non-hydrogen) atoms. The topological polar surface area (TPSA) is 30.7 Å². The van der Waals surface area contributed by atoms with E-state index in [1.54, 1.807) is 0 Å². The largest absolute Gasteiger partial charge is 0.323 e. The number of pyridine rings is 1. The maximum absolute atomic E-state index is 5.91. The van der Waals surface area contributed by atoms with Crippen molar-refractivity contribution in [3.63, 3.8) is 0 Å². The lowest BCUT2D eigenvalue weighted by Crippen LogP contribution is -2.07. The average molecular weight is 286 g/mol. The van der Waals surface area contributed by atoms with Gasteiger partial charge in [0.15, 0.2) is 0 Å². The van der Waals surface area contributed by atoms with E-state index in [1.165, 1.54) is 11.1 Å². The molecule has 3 rings (SSSR count). The van der Waals surface area contributed by atoms with Gasteiger partial charge in [0, 0.05) is 31.2 Å². The lowest BCUT2D eigenvalue weighted by molar-refractivity contribution is 0.750. The van der Waals surface area contributed by atoms with Crippen LogP contribution in [0.1, 0.15) is 17.0 Å². The number of hydrogen-bond acceptors (Lipinski definition) is 2. The molecule has 0 aliphatic heterocycles. The number of benzene rings is 1. The van der Waals surface area contributed by atoms with E-state index in [9.17, 15) is 0 Å². The number of hydrogen-bond donors (Lipinski definition) is 0. The summed E-state index contributed by atoms with van der Waals surface area (Å²) in [5, 5.41) is 0. The summed E-state index contributed by atoms with van der Waals surface area (Å²) in [5.74, 6) is 1.62. The van der Waals surface area contributed by atoms with Crippen molar-refractivity contribution < 1.29 is 0 Å². The van der Waals surface area contributed by atoms with Gasteiger partial charge in [-0.05, 0) is 36.2 Å². The molecule has 2 heterocycles. The number of rotatable bonds is 4. The molecule has 0 aliphatic carbocycles. The summed E-state index contributed by atoms with van der Waals surface area (Å²) >= 11 is 5.91. The van der Waals surface area contributed by atoms with E-state index in [0.29, 0.717) is 5.88 Å². The van der Waals surface area contributed by atoms with Crippen LogP contribution in [0.15, 0.2) is 42.7 Å². The van der Waals surface area contributed by atoms with Crippen LogP contribution < -0.4 is 0 Å². The van der Waals surface area contributed by atoms with Crippen molar-refractivity contribution in [1.82, 2.24) is 14.5 Å². The molecule has 1 aromatic carbocycles. The van der Waals surface area contributed by atoms with Crippen LogP contribution in [-0.4, -0.2) is 20.4 Å². The van der Waals surface area contributed by atoms with Crippen molar-refractivity contribution in [1.29, 1.82) is 0 Å². The Morgan fingerprint density at radius 2 is 2.05 bits per heavy atom. The number of halogens is 1. The third-order valence-electron chi connectivity index (χ3n) is 3.52. The fourth-order valence-corrected chi connectivity index (χ4v) is 2.60. The molecule has 4 heteroatoms. The third-order valence-corrected chi connectivity index (χ3v) is 3.71. The standard InChI is InChI=1S/C16H16ClN3/c1-12-10-18-9-7-13(12)11-20-15-5-3-2-4-14(15)19-16(20)6-8-17/h2-5,7,9-10H,6,8,11H2,1H3. The highest BCUT2D eigenvalue weighted by Crippen LogP contribution is 2.19. The first-order valence-corrected chi connectivity index (χ1v) is 7.22. The molecule has 0 saturated carbocycles. The first-order valence-electron chi connectivity index (χ1n) is 6.69. The van der Waals surface area contributed by atoms with E-state index in [4.69, 9.17) is 16.6 Å². The Labute approximate surface area is 123 Å². The Bertz CT molecular complexity index is 733. The quantitative estimate of drug-likeness (QED) is 0.686. The summed E-state index contributed by atoms with van der Waals surface area (Å²) in [6, 6.07) is 10.3. The van der Waals surface area contributed by atoms with Gasteiger partial charge in [-0.2, -0.15) is 0 Å². The minimum Gasteiger partial charge on any atom is -0.323 e. The summed E-state index contributed by atoms with van der Waals surface area (Å²) < 4.78 is 2.25. The Morgan fingerprint density at radius 3 is 2.85 bits per heavy atom. The molecule has 2 aromatic heterocycles. The molecule has 102 valence electrons. The number of para-hydroxylation sites is 2. The van der Waals surface area contributed by atoms with E-state index < -0.39 is 0 Å². The molecular formula is C16H16ClN3. The van der Waals surface area contributed by atoms with E-state index in [-0.39, 0.29) is 0 Å². The molecule has 0 aliphatic rings. The second kappa shape index (κ2) is 5.63. The summed E-state index contributed by atoms with van der Waals surface area (Å²) in [6.45, 7) is 2.89. The van der Waals surface area contributed by atoms with Crippen LogP contribution in [0, 0.1) is 6.92 Å². The van der Waals surface area contributed by atoms with Gasteiger partial charge in [0.25, 0.3) is 0 Å².